The quantitative estimate of drug-likeness (QED) is 0.388. The first-order valence-electron chi connectivity index (χ1n) is 8.46. The molecule has 24 heavy (non-hydrogen) atoms. The van der Waals surface area contributed by atoms with E-state index in [0.29, 0.717) is 18.9 Å². The molecule has 1 amide bonds. The number of benzene rings is 1. The zero-order chi connectivity index (χ0) is 17.2. The van der Waals surface area contributed by atoms with E-state index in [1.807, 2.05) is 29.2 Å². The summed E-state index contributed by atoms with van der Waals surface area (Å²) in [4.78, 5) is 15.5. The number of piperidine rings is 1. The highest BCUT2D eigenvalue weighted by Gasteiger charge is 2.22. The van der Waals surface area contributed by atoms with Gasteiger partial charge in [-0.3, -0.25) is 4.79 Å². The first-order chi connectivity index (χ1) is 11.7. The summed E-state index contributed by atoms with van der Waals surface area (Å²) in [5, 5.41) is 0. The molecular weight excluding hydrogens is 322 g/mol. The molecule has 5 heteroatoms. The number of carbonyl (C=O) groups excluding carboxylic acids is 1. The molecule has 0 spiro atoms. The third kappa shape index (κ3) is 6.21. The van der Waals surface area contributed by atoms with Gasteiger partial charge in [0, 0.05) is 36.8 Å². The van der Waals surface area contributed by atoms with Crippen molar-refractivity contribution in [3.8, 4) is 5.75 Å². The highest BCUT2D eigenvalue weighted by Crippen LogP contribution is 2.23. The smallest absolute Gasteiger partial charge is 0.223 e. The summed E-state index contributed by atoms with van der Waals surface area (Å²) in [7, 11) is 1.66. The summed E-state index contributed by atoms with van der Waals surface area (Å²) in [6, 6.07) is 7.96. The Morgan fingerprint density at radius 1 is 1.33 bits per heavy atom. The monoisotopic (exact) mass is 349 g/mol. The number of methoxy groups -OCH3 is 1. The van der Waals surface area contributed by atoms with E-state index < -0.39 is 0 Å². The summed E-state index contributed by atoms with van der Waals surface area (Å²) < 4.78 is 10.7. The third-order valence-electron chi connectivity index (χ3n) is 4.20. The number of nitrogens with zero attached hydrogens (tertiary/aromatic N) is 1. The van der Waals surface area contributed by atoms with Crippen molar-refractivity contribution in [2.75, 3.05) is 39.2 Å². The molecule has 0 saturated carbocycles. The van der Waals surface area contributed by atoms with Gasteiger partial charge in [-0.2, -0.15) is 0 Å². The molecule has 132 valence electrons. The van der Waals surface area contributed by atoms with Crippen molar-refractivity contribution >= 4 is 17.7 Å². The Morgan fingerprint density at radius 2 is 2.04 bits per heavy atom. The van der Waals surface area contributed by atoms with Gasteiger partial charge in [-0.1, -0.05) is 6.08 Å². The van der Waals surface area contributed by atoms with E-state index in [-0.39, 0.29) is 5.91 Å². The van der Waals surface area contributed by atoms with Gasteiger partial charge in [0.05, 0.1) is 13.7 Å². The molecule has 0 aromatic heterocycles. The van der Waals surface area contributed by atoms with Crippen molar-refractivity contribution in [3.63, 3.8) is 0 Å². The lowest BCUT2D eigenvalue weighted by Gasteiger charge is -2.31. The van der Waals surface area contributed by atoms with Crippen LogP contribution in [0.25, 0.3) is 0 Å². The fourth-order valence-electron chi connectivity index (χ4n) is 2.75. The minimum Gasteiger partial charge on any atom is -0.497 e. The van der Waals surface area contributed by atoms with Crippen LogP contribution < -0.4 is 4.74 Å². The van der Waals surface area contributed by atoms with Gasteiger partial charge in [-0.15, -0.1) is 18.3 Å². The van der Waals surface area contributed by atoms with E-state index in [9.17, 15) is 4.79 Å². The molecular formula is C19H27NO3S. The van der Waals surface area contributed by atoms with Crippen LogP contribution in [-0.2, 0) is 9.53 Å². The number of carbonyl (C=O) groups is 1. The Balaban J connectivity index is 1.63. The highest BCUT2D eigenvalue weighted by atomic mass is 32.2. The first-order valence-corrected chi connectivity index (χ1v) is 9.44. The second-order valence-electron chi connectivity index (χ2n) is 5.92. The molecule has 2 rings (SSSR count). The maximum atomic E-state index is 12.3. The summed E-state index contributed by atoms with van der Waals surface area (Å²) in [5.41, 5.74) is 0. The van der Waals surface area contributed by atoms with E-state index in [0.717, 1.165) is 44.0 Å². The molecule has 1 aromatic rings. The SMILES string of the molecule is C=CCOCC1CCN(C(=O)CCSc2ccc(OC)cc2)CC1. The molecule has 1 aliphatic rings. The van der Waals surface area contributed by atoms with Crippen LogP contribution >= 0.6 is 11.8 Å². The van der Waals surface area contributed by atoms with Crippen molar-refractivity contribution in [3.05, 3.63) is 36.9 Å². The molecule has 0 unspecified atom stereocenters. The largest absolute Gasteiger partial charge is 0.497 e. The van der Waals surface area contributed by atoms with Gasteiger partial charge in [-0.05, 0) is 43.0 Å². The Labute approximate surface area is 149 Å². The molecule has 1 saturated heterocycles. The van der Waals surface area contributed by atoms with E-state index >= 15 is 0 Å². The fourth-order valence-corrected chi connectivity index (χ4v) is 3.59. The topological polar surface area (TPSA) is 38.8 Å². The van der Waals surface area contributed by atoms with E-state index in [2.05, 4.69) is 6.58 Å². The third-order valence-corrected chi connectivity index (χ3v) is 5.21. The lowest BCUT2D eigenvalue weighted by Crippen LogP contribution is -2.39. The fraction of sp³-hybridized carbons (Fsp3) is 0.526. The number of hydrogen-bond acceptors (Lipinski definition) is 4. The Morgan fingerprint density at radius 3 is 2.67 bits per heavy atom. The van der Waals surface area contributed by atoms with Crippen molar-refractivity contribution in [1.82, 2.24) is 4.90 Å². The standard InChI is InChI=1S/C19H27NO3S/c1-3-13-23-15-16-8-11-20(12-9-16)19(21)10-14-24-18-6-4-17(22-2)5-7-18/h3-7,16H,1,8-15H2,2H3. The van der Waals surface area contributed by atoms with E-state index in [4.69, 9.17) is 9.47 Å². The molecule has 0 N–H and O–H groups in total. The van der Waals surface area contributed by atoms with Gasteiger partial charge in [-0.25, -0.2) is 0 Å². The van der Waals surface area contributed by atoms with E-state index in [1.165, 1.54) is 4.90 Å². The van der Waals surface area contributed by atoms with E-state index in [1.54, 1.807) is 24.9 Å². The zero-order valence-corrected chi connectivity index (χ0v) is 15.2. The van der Waals surface area contributed by atoms with Crippen LogP contribution in [0.2, 0.25) is 0 Å². The van der Waals surface area contributed by atoms with Gasteiger partial charge in [0.25, 0.3) is 0 Å². The number of thioether (sulfide) groups is 1. The number of likely N-dealkylation sites (tertiary alicyclic amines) is 1. The number of hydrogen-bond donors (Lipinski definition) is 0. The number of rotatable bonds is 9. The molecule has 4 nitrogen and oxygen atoms in total. The first kappa shape index (κ1) is 18.9. The average Bonchev–Trinajstić information content (AvgIpc) is 2.63. The average molecular weight is 349 g/mol. The highest BCUT2D eigenvalue weighted by molar-refractivity contribution is 7.99. The van der Waals surface area contributed by atoms with Gasteiger partial charge in [0.2, 0.25) is 5.91 Å². The van der Waals surface area contributed by atoms with Crippen LogP contribution in [0, 0.1) is 5.92 Å². The van der Waals surface area contributed by atoms with Crippen LogP contribution in [-0.4, -0.2) is 50.0 Å². The molecule has 0 radical (unpaired) electrons. The zero-order valence-electron chi connectivity index (χ0n) is 14.4. The lowest BCUT2D eigenvalue weighted by atomic mass is 9.97. The van der Waals surface area contributed by atoms with Gasteiger partial charge in [0.1, 0.15) is 5.75 Å². The lowest BCUT2D eigenvalue weighted by molar-refractivity contribution is -0.132. The van der Waals surface area contributed by atoms with Gasteiger partial charge >= 0.3 is 0 Å². The number of amides is 1. The van der Waals surface area contributed by atoms with Gasteiger partial charge in [0.15, 0.2) is 0 Å². The molecule has 0 atom stereocenters. The maximum Gasteiger partial charge on any atom is 0.223 e. The Kier molecular flexibility index (Phi) is 8.19. The number of ether oxygens (including phenoxy) is 2. The van der Waals surface area contributed by atoms with Crippen molar-refractivity contribution in [2.45, 2.75) is 24.2 Å². The molecule has 1 aliphatic heterocycles. The molecule has 0 bridgehead atoms. The van der Waals surface area contributed by atoms with Crippen LogP contribution in [0.5, 0.6) is 5.75 Å². The van der Waals surface area contributed by atoms with Gasteiger partial charge < -0.3 is 14.4 Å². The molecule has 0 aliphatic carbocycles. The predicted octanol–water partition coefficient (Wildman–Crippen LogP) is 3.62. The second kappa shape index (κ2) is 10.4. The second-order valence-corrected chi connectivity index (χ2v) is 7.09. The van der Waals surface area contributed by atoms with Crippen LogP contribution in [0.3, 0.4) is 0 Å². The summed E-state index contributed by atoms with van der Waals surface area (Å²) in [5.74, 6) is 2.51. The minimum atomic E-state index is 0.265. The van der Waals surface area contributed by atoms with Crippen LogP contribution in [0.15, 0.2) is 41.8 Å². The molecule has 1 fully saturated rings. The van der Waals surface area contributed by atoms with Crippen LogP contribution in [0.1, 0.15) is 19.3 Å². The molecule has 1 heterocycles. The van der Waals surface area contributed by atoms with Crippen molar-refractivity contribution in [2.24, 2.45) is 5.92 Å². The Bertz CT molecular complexity index is 510. The normalized spacial score (nSPS) is 15.3. The minimum absolute atomic E-state index is 0.265. The maximum absolute atomic E-state index is 12.3. The van der Waals surface area contributed by atoms with Crippen molar-refractivity contribution < 1.29 is 14.3 Å². The van der Waals surface area contributed by atoms with Crippen LogP contribution in [0.4, 0.5) is 0 Å². The predicted molar refractivity (Wildman–Crippen MR) is 98.7 cm³/mol. The summed E-state index contributed by atoms with van der Waals surface area (Å²) in [6.45, 7) is 6.75. The Hall–Kier alpha value is -1.46. The summed E-state index contributed by atoms with van der Waals surface area (Å²) >= 11 is 1.71. The van der Waals surface area contributed by atoms with Crippen molar-refractivity contribution in [1.29, 1.82) is 0 Å². The summed E-state index contributed by atoms with van der Waals surface area (Å²) in [6.07, 6.45) is 4.44. The molecule has 1 aromatic carbocycles.